The van der Waals surface area contributed by atoms with Gasteiger partial charge < -0.3 is 0 Å². The van der Waals surface area contributed by atoms with Crippen LogP contribution >= 0.6 is 0 Å². The van der Waals surface area contributed by atoms with E-state index in [0.717, 1.165) is 0 Å². The van der Waals surface area contributed by atoms with Gasteiger partial charge in [-0.2, -0.15) is 0 Å². The monoisotopic (exact) mass is 300 g/mol. The predicted molar refractivity (Wildman–Crippen MR) is 62.2 cm³/mol. The van der Waals surface area contributed by atoms with Crippen LogP contribution in [0.25, 0.3) is 0 Å². The van der Waals surface area contributed by atoms with E-state index in [-0.39, 0.29) is 5.43 Å². The van der Waals surface area contributed by atoms with Crippen LogP contribution in [0.3, 0.4) is 0 Å². The Bertz CT molecular complexity index is 380. The summed E-state index contributed by atoms with van der Waals surface area (Å²) in [7, 11) is 1.52. The van der Waals surface area contributed by atoms with Crippen molar-refractivity contribution in [2.45, 2.75) is 14.8 Å². The van der Waals surface area contributed by atoms with Crippen LogP contribution in [0.1, 0.15) is 0 Å². The minimum atomic E-state index is -2.12. The third-order valence-electron chi connectivity index (χ3n) is 2.14. The Hall–Kier alpha value is -0.511. The second-order valence-corrected chi connectivity index (χ2v) is 18.8. The summed E-state index contributed by atoms with van der Waals surface area (Å²) in [4.78, 5) is 18.5. The van der Waals surface area contributed by atoms with Crippen molar-refractivity contribution in [1.29, 1.82) is 0 Å². The molecular formula is C11H16O2Sn. The van der Waals surface area contributed by atoms with Gasteiger partial charge in [-0.3, -0.25) is 0 Å². The first-order chi connectivity index (χ1) is 6.45. The van der Waals surface area contributed by atoms with Crippen molar-refractivity contribution in [3.05, 3.63) is 34.5 Å². The summed E-state index contributed by atoms with van der Waals surface area (Å²) in [5, 5.41) is 0. The molecular weight excluding hydrogens is 283 g/mol. The van der Waals surface area contributed by atoms with Crippen molar-refractivity contribution in [3.63, 3.8) is 0 Å². The standard InChI is InChI=1S/C8H7O2.3CH3.Sn/c1-10-8-6-4-2-3-5-7(8)9;;;;/h2,4-6H,1H3;3*1H3;. The van der Waals surface area contributed by atoms with Gasteiger partial charge in [0.15, 0.2) is 0 Å². The van der Waals surface area contributed by atoms with Crippen molar-refractivity contribution in [2.24, 2.45) is 0 Å². The van der Waals surface area contributed by atoms with Crippen molar-refractivity contribution < 1.29 is 4.74 Å². The molecule has 3 heteroatoms. The molecule has 0 N–H and O–H groups in total. The molecule has 0 amide bonds. The molecule has 0 bridgehead atoms. The molecule has 0 heterocycles. The second kappa shape index (κ2) is 4.34. The number of methoxy groups -OCH3 is 1. The van der Waals surface area contributed by atoms with Gasteiger partial charge in [-0.1, -0.05) is 0 Å². The van der Waals surface area contributed by atoms with Crippen LogP contribution in [0.4, 0.5) is 0 Å². The summed E-state index contributed by atoms with van der Waals surface area (Å²) in [5.41, 5.74) is -0.0147. The van der Waals surface area contributed by atoms with Gasteiger partial charge in [-0.15, -0.1) is 0 Å². The Kier molecular flexibility index (Phi) is 3.58. The van der Waals surface area contributed by atoms with Crippen LogP contribution in [-0.2, 0) is 0 Å². The number of rotatable bonds is 2. The van der Waals surface area contributed by atoms with Crippen LogP contribution in [0, 0.1) is 0 Å². The zero-order valence-corrected chi connectivity index (χ0v) is 12.0. The Morgan fingerprint density at radius 2 is 1.86 bits per heavy atom. The van der Waals surface area contributed by atoms with Crippen LogP contribution in [0.15, 0.2) is 29.1 Å². The molecule has 0 spiro atoms. The number of hydrogen-bond acceptors (Lipinski definition) is 2. The quantitative estimate of drug-likeness (QED) is 0.775. The molecule has 0 saturated heterocycles. The Morgan fingerprint density at radius 1 is 1.21 bits per heavy atom. The Morgan fingerprint density at radius 3 is 2.36 bits per heavy atom. The van der Waals surface area contributed by atoms with Gasteiger partial charge in [0.2, 0.25) is 0 Å². The first-order valence-corrected chi connectivity index (χ1v) is 14.6. The zero-order chi connectivity index (χ0) is 10.8. The van der Waals surface area contributed by atoms with Crippen LogP contribution < -0.4 is 13.7 Å². The molecule has 0 radical (unpaired) electrons. The molecule has 0 aromatic heterocycles. The first-order valence-electron chi connectivity index (χ1n) is 4.64. The maximum absolute atomic E-state index is 11.6. The van der Waals surface area contributed by atoms with E-state index in [2.05, 4.69) is 14.8 Å². The number of ether oxygens (including phenoxy) is 1. The molecule has 1 aromatic rings. The van der Waals surface area contributed by atoms with Crippen molar-refractivity contribution >= 4 is 22.0 Å². The summed E-state index contributed by atoms with van der Waals surface area (Å²) >= 11 is -2.12. The van der Waals surface area contributed by atoms with Crippen LogP contribution in [-0.4, -0.2) is 25.5 Å². The van der Waals surface area contributed by atoms with E-state index in [4.69, 9.17) is 4.74 Å². The summed E-state index contributed by atoms with van der Waals surface area (Å²) in [6.07, 6.45) is 0. The normalized spacial score (nSPS) is 11.1. The Balaban J connectivity index is 3.35. The van der Waals surface area contributed by atoms with E-state index < -0.39 is 18.4 Å². The maximum atomic E-state index is 11.6. The van der Waals surface area contributed by atoms with E-state index in [1.54, 1.807) is 12.1 Å². The van der Waals surface area contributed by atoms with Crippen LogP contribution in [0.5, 0.6) is 5.75 Å². The van der Waals surface area contributed by atoms with Crippen molar-refractivity contribution in [1.82, 2.24) is 0 Å². The van der Waals surface area contributed by atoms with Gasteiger partial charge in [-0.05, 0) is 0 Å². The average molecular weight is 299 g/mol. The SMILES string of the molecule is COc1ccc[c]([Sn]([CH3])([CH3])[CH3])cc1=O. The van der Waals surface area contributed by atoms with Gasteiger partial charge in [0, 0.05) is 0 Å². The predicted octanol–water partition coefficient (Wildman–Crippen LogP) is 1.60. The molecule has 1 rings (SSSR count). The first kappa shape index (κ1) is 11.6. The fourth-order valence-corrected chi connectivity index (χ4v) is 4.53. The zero-order valence-electron chi connectivity index (χ0n) is 9.13. The molecule has 0 fully saturated rings. The van der Waals surface area contributed by atoms with Gasteiger partial charge in [0.1, 0.15) is 0 Å². The molecule has 0 atom stereocenters. The molecule has 0 aliphatic carbocycles. The molecule has 0 saturated carbocycles. The van der Waals surface area contributed by atoms with Crippen molar-refractivity contribution in [3.8, 4) is 5.75 Å². The number of hydrogen-bond donors (Lipinski definition) is 0. The summed E-state index contributed by atoms with van der Waals surface area (Å²) < 4.78 is 6.21. The third kappa shape index (κ3) is 2.74. The summed E-state index contributed by atoms with van der Waals surface area (Å²) in [5.74, 6) is 0.423. The molecule has 1 aromatic carbocycles. The van der Waals surface area contributed by atoms with E-state index in [0.29, 0.717) is 5.75 Å². The minimum absolute atomic E-state index is 0.0147. The van der Waals surface area contributed by atoms with Crippen LogP contribution in [0.2, 0.25) is 14.8 Å². The molecule has 0 aliphatic heterocycles. The molecule has 14 heavy (non-hydrogen) atoms. The molecule has 0 unspecified atom stereocenters. The van der Waals surface area contributed by atoms with Gasteiger partial charge in [0.05, 0.1) is 0 Å². The van der Waals surface area contributed by atoms with E-state index in [9.17, 15) is 4.79 Å². The molecule has 76 valence electrons. The van der Waals surface area contributed by atoms with Crippen molar-refractivity contribution in [2.75, 3.05) is 7.11 Å². The summed E-state index contributed by atoms with van der Waals surface area (Å²) in [6.45, 7) is 0. The van der Waals surface area contributed by atoms with E-state index in [1.165, 1.54) is 10.7 Å². The molecule has 2 nitrogen and oxygen atoms in total. The average Bonchev–Trinajstić information content (AvgIpc) is 2.25. The molecule has 0 aliphatic rings. The third-order valence-corrected chi connectivity index (χ3v) is 7.97. The fourth-order valence-electron chi connectivity index (χ4n) is 1.22. The van der Waals surface area contributed by atoms with Gasteiger partial charge in [-0.25, -0.2) is 0 Å². The fraction of sp³-hybridized carbons (Fsp3) is 0.364. The van der Waals surface area contributed by atoms with E-state index in [1.807, 2.05) is 12.1 Å². The van der Waals surface area contributed by atoms with E-state index >= 15 is 0 Å². The van der Waals surface area contributed by atoms with Gasteiger partial charge >= 0.3 is 88.9 Å². The summed E-state index contributed by atoms with van der Waals surface area (Å²) in [6, 6.07) is 7.40. The second-order valence-electron chi connectivity index (χ2n) is 4.31. The topological polar surface area (TPSA) is 26.3 Å². The Labute approximate surface area is 88.8 Å². The van der Waals surface area contributed by atoms with Gasteiger partial charge in [0.25, 0.3) is 0 Å².